The Morgan fingerprint density at radius 1 is 1.03 bits per heavy atom. The number of aromatic amines is 1. The number of fused-ring (bicyclic) bond motifs is 2. The first-order chi connectivity index (χ1) is 15.1. The Bertz CT molecular complexity index is 1120. The van der Waals surface area contributed by atoms with E-state index in [1.54, 1.807) is 12.1 Å². The molecule has 31 heavy (non-hydrogen) atoms. The van der Waals surface area contributed by atoms with E-state index in [0.29, 0.717) is 18.3 Å². The van der Waals surface area contributed by atoms with E-state index in [0.717, 1.165) is 43.2 Å². The highest BCUT2D eigenvalue weighted by molar-refractivity contribution is 5.95. The average Bonchev–Trinajstić information content (AvgIpc) is 3.12. The van der Waals surface area contributed by atoms with E-state index in [2.05, 4.69) is 28.1 Å². The number of hydrogen-bond donors (Lipinski definition) is 1. The minimum Gasteiger partial charge on any atom is -0.361 e. The molecule has 2 aliphatic heterocycles. The molecule has 1 saturated carbocycles. The zero-order valence-electron chi connectivity index (χ0n) is 17.7. The number of aromatic nitrogens is 1. The molecule has 6 rings (SSSR count). The summed E-state index contributed by atoms with van der Waals surface area (Å²) in [6.45, 7) is 4.93. The second-order valence-electron chi connectivity index (χ2n) is 9.74. The van der Waals surface area contributed by atoms with Crippen LogP contribution < -0.4 is 0 Å². The van der Waals surface area contributed by atoms with Gasteiger partial charge in [0.05, 0.1) is 5.56 Å². The van der Waals surface area contributed by atoms with E-state index < -0.39 is 5.82 Å². The zero-order valence-corrected chi connectivity index (χ0v) is 17.7. The summed E-state index contributed by atoms with van der Waals surface area (Å²) in [5.41, 5.74) is 3.45. The standard InChI is InChI=1S/C26H28FN3O/c27-24-7-6-18(10-19-2-1-3-25-22(19)8-9-28-25)11-23(24)26(31)30-15-20-13-29(12-17-4-5-17)14-21(20)16-30/h1-3,6-9,11,17,20-21,28H,4-5,10,12-16H2. The van der Waals surface area contributed by atoms with Crippen molar-refractivity contribution in [1.82, 2.24) is 14.8 Å². The Balaban J connectivity index is 1.17. The van der Waals surface area contributed by atoms with Crippen molar-refractivity contribution in [3.63, 3.8) is 0 Å². The van der Waals surface area contributed by atoms with Gasteiger partial charge in [-0.15, -0.1) is 0 Å². The molecule has 1 aromatic heterocycles. The summed E-state index contributed by atoms with van der Waals surface area (Å²) in [7, 11) is 0. The summed E-state index contributed by atoms with van der Waals surface area (Å²) in [4.78, 5) is 20.9. The molecule has 0 bridgehead atoms. The summed E-state index contributed by atoms with van der Waals surface area (Å²) in [6, 6.07) is 13.2. The van der Waals surface area contributed by atoms with Gasteiger partial charge in [0.25, 0.3) is 5.91 Å². The van der Waals surface area contributed by atoms with Gasteiger partial charge in [-0.25, -0.2) is 4.39 Å². The van der Waals surface area contributed by atoms with Crippen LogP contribution in [0, 0.1) is 23.6 Å². The van der Waals surface area contributed by atoms with Crippen LogP contribution in [0.25, 0.3) is 10.9 Å². The maximum Gasteiger partial charge on any atom is 0.256 e. The smallest absolute Gasteiger partial charge is 0.256 e. The molecule has 1 N–H and O–H groups in total. The molecule has 0 spiro atoms. The number of rotatable bonds is 5. The molecular weight excluding hydrogens is 389 g/mol. The zero-order chi connectivity index (χ0) is 20.9. The highest BCUT2D eigenvalue weighted by Crippen LogP contribution is 2.36. The Labute approximate surface area is 182 Å². The number of nitrogens with zero attached hydrogens (tertiary/aromatic N) is 2. The molecule has 2 aromatic carbocycles. The fourth-order valence-corrected chi connectivity index (χ4v) is 5.61. The quantitative estimate of drug-likeness (QED) is 0.672. The van der Waals surface area contributed by atoms with Crippen molar-refractivity contribution in [3.05, 3.63) is 71.2 Å². The number of nitrogens with one attached hydrogen (secondary N) is 1. The molecule has 3 aliphatic rings. The second-order valence-corrected chi connectivity index (χ2v) is 9.74. The molecular formula is C26H28FN3O. The minimum absolute atomic E-state index is 0.151. The number of carbonyl (C=O) groups excluding carboxylic acids is 1. The molecule has 2 unspecified atom stereocenters. The van der Waals surface area contributed by atoms with Crippen molar-refractivity contribution in [3.8, 4) is 0 Å². The molecule has 1 amide bonds. The maximum absolute atomic E-state index is 14.7. The van der Waals surface area contributed by atoms with E-state index in [1.807, 2.05) is 17.2 Å². The van der Waals surface area contributed by atoms with Crippen LogP contribution in [-0.2, 0) is 6.42 Å². The van der Waals surface area contributed by atoms with Crippen LogP contribution in [0.4, 0.5) is 4.39 Å². The van der Waals surface area contributed by atoms with E-state index in [-0.39, 0.29) is 11.5 Å². The molecule has 3 heterocycles. The van der Waals surface area contributed by atoms with Gasteiger partial charge < -0.3 is 14.8 Å². The molecule has 4 nitrogen and oxygen atoms in total. The largest absolute Gasteiger partial charge is 0.361 e. The lowest BCUT2D eigenvalue weighted by Gasteiger charge is -2.22. The average molecular weight is 418 g/mol. The topological polar surface area (TPSA) is 39.3 Å². The van der Waals surface area contributed by atoms with Gasteiger partial charge in [0, 0.05) is 49.8 Å². The van der Waals surface area contributed by atoms with Gasteiger partial charge in [0.2, 0.25) is 0 Å². The lowest BCUT2D eigenvalue weighted by molar-refractivity contribution is 0.0769. The lowest BCUT2D eigenvalue weighted by Crippen LogP contribution is -2.34. The van der Waals surface area contributed by atoms with Crippen LogP contribution in [0.3, 0.4) is 0 Å². The van der Waals surface area contributed by atoms with E-state index in [4.69, 9.17) is 0 Å². The third-order valence-electron chi connectivity index (χ3n) is 7.40. The van der Waals surface area contributed by atoms with E-state index in [9.17, 15) is 9.18 Å². The van der Waals surface area contributed by atoms with Gasteiger partial charge in [-0.1, -0.05) is 18.2 Å². The molecule has 2 saturated heterocycles. The Morgan fingerprint density at radius 3 is 2.61 bits per heavy atom. The normalized spacial score (nSPS) is 23.6. The first-order valence-electron chi connectivity index (χ1n) is 11.5. The minimum atomic E-state index is -0.416. The van der Waals surface area contributed by atoms with Crippen molar-refractivity contribution in [2.24, 2.45) is 17.8 Å². The number of amides is 1. The molecule has 1 aliphatic carbocycles. The molecule has 160 valence electrons. The first kappa shape index (κ1) is 19.1. The van der Waals surface area contributed by atoms with E-state index in [1.165, 1.54) is 36.4 Å². The Kier molecular flexibility index (Phi) is 4.60. The van der Waals surface area contributed by atoms with Gasteiger partial charge in [-0.3, -0.25) is 4.79 Å². The Morgan fingerprint density at radius 2 is 1.84 bits per heavy atom. The summed E-state index contributed by atoms with van der Waals surface area (Å²) >= 11 is 0. The second kappa shape index (κ2) is 7.49. The Hall–Kier alpha value is -2.66. The summed E-state index contributed by atoms with van der Waals surface area (Å²) < 4.78 is 14.7. The van der Waals surface area contributed by atoms with Crippen LogP contribution in [-0.4, -0.2) is 53.4 Å². The highest BCUT2D eigenvalue weighted by Gasteiger charge is 2.43. The van der Waals surface area contributed by atoms with E-state index >= 15 is 0 Å². The van der Waals surface area contributed by atoms with Gasteiger partial charge in [0.1, 0.15) is 5.82 Å². The van der Waals surface area contributed by atoms with Gasteiger partial charge in [-0.2, -0.15) is 0 Å². The highest BCUT2D eigenvalue weighted by atomic mass is 19.1. The van der Waals surface area contributed by atoms with Gasteiger partial charge in [-0.05, 0) is 72.4 Å². The van der Waals surface area contributed by atoms with Gasteiger partial charge in [0.15, 0.2) is 0 Å². The van der Waals surface area contributed by atoms with Crippen molar-refractivity contribution < 1.29 is 9.18 Å². The molecule has 0 radical (unpaired) electrons. The monoisotopic (exact) mass is 417 g/mol. The first-order valence-corrected chi connectivity index (χ1v) is 11.5. The van der Waals surface area contributed by atoms with Crippen LogP contribution in [0.15, 0.2) is 48.7 Å². The van der Waals surface area contributed by atoms with Crippen LogP contribution in [0.2, 0.25) is 0 Å². The van der Waals surface area contributed by atoms with Crippen LogP contribution in [0.1, 0.15) is 34.3 Å². The molecule has 3 fully saturated rings. The number of halogens is 1. The number of hydrogen-bond acceptors (Lipinski definition) is 2. The third-order valence-corrected chi connectivity index (χ3v) is 7.40. The van der Waals surface area contributed by atoms with Crippen molar-refractivity contribution in [2.75, 3.05) is 32.7 Å². The third kappa shape index (κ3) is 3.65. The number of H-pyrrole nitrogens is 1. The van der Waals surface area contributed by atoms with Crippen molar-refractivity contribution in [1.29, 1.82) is 0 Å². The fourth-order valence-electron chi connectivity index (χ4n) is 5.61. The number of carbonyl (C=O) groups is 1. The summed E-state index contributed by atoms with van der Waals surface area (Å²) in [5, 5.41) is 1.17. The fraction of sp³-hybridized carbons (Fsp3) is 0.423. The predicted molar refractivity (Wildman–Crippen MR) is 120 cm³/mol. The number of likely N-dealkylation sites (tertiary alicyclic amines) is 2. The maximum atomic E-state index is 14.7. The summed E-state index contributed by atoms with van der Waals surface area (Å²) in [6.07, 6.45) is 5.37. The molecule has 3 aromatic rings. The SMILES string of the molecule is O=C(c1cc(Cc2cccc3[nH]ccc23)ccc1F)N1CC2CN(CC3CC3)CC2C1. The molecule has 5 heteroatoms. The lowest BCUT2D eigenvalue weighted by atomic mass is 9.99. The summed E-state index contributed by atoms with van der Waals surface area (Å²) in [5.74, 6) is 1.43. The van der Waals surface area contributed by atoms with Crippen molar-refractivity contribution in [2.45, 2.75) is 19.3 Å². The van der Waals surface area contributed by atoms with Crippen LogP contribution >= 0.6 is 0 Å². The van der Waals surface area contributed by atoms with Gasteiger partial charge >= 0.3 is 0 Å². The predicted octanol–water partition coefficient (Wildman–Crippen LogP) is 4.31. The van der Waals surface area contributed by atoms with Crippen LogP contribution in [0.5, 0.6) is 0 Å². The van der Waals surface area contributed by atoms with Crippen molar-refractivity contribution >= 4 is 16.8 Å². The number of benzene rings is 2. The molecule has 2 atom stereocenters.